The van der Waals surface area contributed by atoms with Crippen molar-refractivity contribution in [2.24, 2.45) is 10.7 Å². The first-order chi connectivity index (χ1) is 7.81. The second kappa shape index (κ2) is 4.05. The van der Waals surface area contributed by atoms with E-state index in [2.05, 4.69) is 20.7 Å². The van der Waals surface area contributed by atoms with Gasteiger partial charge in [-0.3, -0.25) is 0 Å². The zero-order valence-corrected chi connectivity index (χ0v) is 9.96. The number of thiazole rings is 1. The van der Waals surface area contributed by atoms with Crippen LogP contribution in [0.5, 0.6) is 0 Å². The summed E-state index contributed by atoms with van der Waals surface area (Å²) in [6, 6.07) is 0.571. The maximum Gasteiger partial charge on any atom is 0.189 e. The molecule has 1 aromatic heterocycles. The van der Waals surface area contributed by atoms with E-state index in [1.165, 1.54) is 31.4 Å². The van der Waals surface area contributed by atoms with E-state index in [1.54, 1.807) is 11.3 Å². The highest BCUT2D eigenvalue weighted by atomic mass is 32.1. The second-order valence-electron chi connectivity index (χ2n) is 4.56. The lowest BCUT2D eigenvalue weighted by molar-refractivity contribution is 0.874. The highest BCUT2D eigenvalue weighted by molar-refractivity contribution is 7.09. The first-order valence-corrected chi connectivity index (χ1v) is 6.70. The van der Waals surface area contributed by atoms with Crippen LogP contribution in [0.3, 0.4) is 0 Å². The van der Waals surface area contributed by atoms with Gasteiger partial charge >= 0.3 is 0 Å². The Balaban J connectivity index is 1.55. The fraction of sp³-hybridized carbons (Fsp3) is 0.636. The Morgan fingerprint density at radius 1 is 1.50 bits per heavy atom. The van der Waals surface area contributed by atoms with Gasteiger partial charge in [0.15, 0.2) is 5.96 Å². The minimum atomic E-state index is 0.561. The third-order valence-corrected chi connectivity index (χ3v) is 3.73. The summed E-state index contributed by atoms with van der Waals surface area (Å²) in [6.45, 7) is 0.614. The monoisotopic (exact) mass is 236 g/mol. The first-order valence-electron chi connectivity index (χ1n) is 5.82. The van der Waals surface area contributed by atoms with Crippen LogP contribution >= 0.6 is 11.3 Å². The largest absolute Gasteiger partial charge is 0.370 e. The SMILES string of the molecule is NC(=NCc1nc(C2CC2)cs1)NC1CC1. The maximum absolute atomic E-state index is 5.76. The summed E-state index contributed by atoms with van der Waals surface area (Å²) in [5.74, 6) is 1.29. The van der Waals surface area contributed by atoms with Crippen molar-refractivity contribution in [3.63, 3.8) is 0 Å². The Morgan fingerprint density at radius 3 is 3.00 bits per heavy atom. The molecular weight excluding hydrogens is 220 g/mol. The fourth-order valence-electron chi connectivity index (χ4n) is 1.60. The Kier molecular flexibility index (Phi) is 2.55. The number of hydrogen-bond donors (Lipinski definition) is 2. The number of aliphatic imine (C=N–C) groups is 1. The van der Waals surface area contributed by atoms with Crippen molar-refractivity contribution in [1.29, 1.82) is 0 Å². The number of nitrogens with one attached hydrogen (secondary N) is 1. The quantitative estimate of drug-likeness (QED) is 0.616. The third kappa shape index (κ3) is 2.52. The topological polar surface area (TPSA) is 63.3 Å². The molecule has 0 amide bonds. The van der Waals surface area contributed by atoms with E-state index in [1.807, 2.05) is 0 Å². The van der Waals surface area contributed by atoms with Crippen molar-refractivity contribution in [1.82, 2.24) is 10.3 Å². The Hall–Kier alpha value is -1.10. The van der Waals surface area contributed by atoms with Gasteiger partial charge in [0.1, 0.15) is 5.01 Å². The van der Waals surface area contributed by atoms with Gasteiger partial charge in [-0.05, 0) is 25.7 Å². The predicted molar refractivity (Wildman–Crippen MR) is 65.6 cm³/mol. The van der Waals surface area contributed by atoms with Gasteiger partial charge in [0.2, 0.25) is 0 Å². The molecule has 2 aliphatic rings. The summed E-state index contributed by atoms with van der Waals surface area (Å²) in [7, 11) is 0. The highest BCUT2D eigenvalue weighted by Crippen LogP contribution is 2.40. The van der Waals surface area contributed by atoms with Crippen molar-refractivity contribution in [3.05, 3.63) is 16.1 Å². The van der Waals surface area contributed by atoms with Crippen LogP contribution in [0.1, 0.15) is 42.3 Å². The average molecular weight is 236 g/mol. The Labute approximate surface area is 99.0 Å². The molecule has 86 valence electrons. The summed E-state index contributed by atoms with van der Waals surface area (Å²) < 4.78 is 0. The first kappa shape index (κ1) is 10.1. The van der Waals surface area contributed by atoms with E-state index >= 15 is 0 Å². The molecule has 0 radical (unpaired) electrons. The molecule has 4 nitrogen and oxygen atoms in total. The lowest BCUT2D eigenvalue weighted by atomic mass is 10.3. The molecule has 3 rings (SSSR count). The van der Waals surface area contributed by atoms with Crippen LogP contribution < -0.4 is 11.1 Å². The molecule has 1 heterocycles. The zero-order chi connectivity index (χ0) is 11.0. The number of rotatable bonds is 4. The van der Waals surface area contributed by atoms with Gasteiger partial charge in [-0.1, -0.05) is 0 Å². The molecule has 2 aliphatic carbocycles. The van der Waals surface area contributed by atoms with Gasteiger partial charge in [-0.15, -0.1) is 11.3 Å². The smallest absolute Gasteiger partial charge is 0.189 e. The minimum Gasteiger partial charge on any atom is -0.370 e. The van der Waals surface area contributed by atoms with Crippen molar-refractivity contribution in [3.8, 4) is 0 Å². The molecule has 0 bridgehead atoms. The molecule has 16 heavy (non-hydrogen) atoms. The maximum atomic E-state index is 5.76. The molecule has 5 heteroatoms. The molecule has 0 spiro atoms. The van der Waals surface area contributed by atoms with Crippen LogP contribution in [0.4, 0.5) is 0 Å². The molecule has 0 aliphatic heterocycles. The van der Waals surface area contributed by atoms with Crippen molar-refractivity contribution >= 4 is 17.3 Å². The van der Waals surface area contributed by atoms with Crippen molar-refractivity contribution in [2.45, 2.75) is 44.2 Å². The van der Waals surface area contributed by atoms with E-state index in [9.17, 15) is 0 Å². The van der Waals surface area contributed by atoms with Gasteiger partial charge in [-0.2, -0.15) is 0 Å². The summed E-state index contributed by atoms with van der Waals surface area (Å²) in [5.41, 5.74) is 7.01. The molecule has 2 saturated carbocycles. The normalized spacial score (nSPS) is 21.1. The van der Waals surface area contributed by atoms with Crippen LogP contribution in [-0.4, -0.2) is 17.0 Å². The van der Waals surface area contributed by atoms with Gasteiger partial charge < -0.3 is 11.1 Å². The third-order valence-electron chi connectivity index (χ3n) is 2.88. The molecule has 0 atom stereocenters. The number of hydrogen-bond acceptors (Lipinski definition) is 3. The van der Waals surface area contributed by atoms with Crippen LogP contribution in [0.2, 0.25) is 0 Å². The van der Waals surface area contributed by atoms with E-state index in [4.69, 9.17) is 5.73 Å². The van der Waals surface area contributed by atoms with Gasteiger partial charge in [0.25, 0.3) is 0 Å². The van der Waals surface area contributed by atoms with Gasteiger partial charge in [-0.25, -0.2) is 9.98 Å². The molecule has 3 N–H and O–H groups in total. The number of aromatic nitrogens is 1. The summed E-state index contributed by atoms with van der Waals surface area (Å²) in [5, 5.41) is 6.40. The predicted octanol–water partition coefficient (Wildman–Crippen LogP) is 1.59. The Morgan fingerprint density at radius 2 is 2.31 bits per heavy atom. The number of nitrogens with two attached hydrogens (primary N) is 1. The second-order valence-corrected chi connectivity index (χ2v) is 5.50. The van der Waals surface area contributed by atoms with Crippen molar-refractivity contribution < 1.29 is 0 Å². The summed E-state index contributed by atoms with van der Waals surface area (Å²) in [4.78, 5) is 8.87. The minimum absolute atomic E-state index is 0.561. The average Bonchev–Trinajstić information content (AvgIpc) is 3.18. The fourth-order valence-corrected chi connectivity index (χ4v) is 2.40. The lowest BCUT2D eigenvalue weighted by Gasteiger charge is -2.01. The molecule has 0 saturated heterocycles. The zero-order valence-electron chi connectivity index (χ0n) is 9.15. The van der Waals surface area contributed by atoms with E-state index in [0.29, 0.717) is 18.5 Å². The van der Waals surface area contributed by atoms with Crippen LogP contribution in [0.15, 0.2) is 10.4 Å². The molecular formula is C11H16N4S. The van der Waals surface area contributed by atoms with Crippen LogP contribution in [0, 0.1) is 0 Å². The molecule has 0 aromatic carbocycles. The van der Waals surface area contributed by atoms with Crippen LogP contribution in [0.25, 0.3) is 0 Å². The molecule has 0 unspecified atom stereocenters. The van der Waals surface area contributed by atoms with Crippen LogP contribution in [-0.2, 0) is 6.54 Å². The number of nitrogens with zero attached hydrogens (tertiary/aromatic N) is 2. The van der Waals surface area contributed by atoms with E-state index < -0.39 is 0 Å². The number of guanidine groups is 1. The van der Waals surface area contributed by atoms with Gasteiger partial charge in [0, 0.05) is 17.3 Å². The Bertz CT molecular complexity index is 404. The summed E-state index contributed by atoms with van der Waals surface area (Å²) in [6.07, 6.45) is 5.05. The van der Waals surface area contributed by atoms with E-state index in [-0.39, 0.29) is 0 Å². The highest BCUT2D eigenvalue weighted by Gasteiger charge is 2.26. The lowest BCUT2D eigenvalue weighted by Crippen LogP contribution is -2.33. The van der Waals surface area contributed by atoms with Crippen molar-refractivity contribution in [2.75, 3.05) is 0 Å². The van der Waals surface area contributed by atoms with E-state index in [0.717, 1.165) is 10.9 Å². The standard InChI is InChI=1S/C11H16N4S/c12-11(14-8-3-4-8)13-5-10-15-9(6-16-10)7-1-2-7/h6-8H,1-5H2,(H3,12,13,14). The molecule has 1 aromatic rings. The van der Waals surface area contributed by atoms with Gasteiger partial charge in [0.05, 0.1) is 12.2 Å². The summed E-state index contributed by atoms with van der Waals surface area (Å²) >= 11 is 1.69. The molecule has 2 fully saturated rings.